The van der Waals surface area contributed by atoms with Gasteiger partial charge in [-0.25, -0.2) is 4.98 Å². The van der Waals surface area contributed by atoms with E-state index in [4.69, 9.17) is 9.40 Å². The number of nitrogens with one attached hydrogen (secondary N) is 2. The van der Waals surface area contributed by atoms with Crippen molar-refractivity contribution < 1.29 is 4.42 Å². The fraction of sp³-hybridized carbons (Fsp3) is 0.583. The van der Waals surface area contributed by atoms with Crippen LogP contribution in [0.15, 0.2) is 46.1 Å². The Kier molecular flexibility index (Phi) is 10.3. The predicted molar refractivity (Wildman–Crippen MR) is 144 cm³/mol. The molecule has 182 valence electrons. The predicted octanol–water partition coefficient (Wildman–Crippen LogP) is 2.94. The number of aliphatic imine (C=N–C) groups is 1. The van der Waals surface area contributed by atoms with Gasteiger partial charge in [-0.3, -0.25) is 9.89 Å². The number of furan rings is 1. The van der Waals surface area contributed by atoms with Crippen molar-refractivity contribution >= 4 is 35.8 Å². The highest BCUT2D eigenvalue weighted by Crippen LogP contribution is 2.24. The Hall–Kier alpha value is -1.85. The van der Waals surface area contributed by atoms with E-state index < -0.39 is 0 Å². The summed E-state index contributed by atoms with van der Waals surface area (Å²) in [5.41, 5.74) is 1.14. The normalized spacial score (nSPS) is 18.7. The fourth-order valence-corrected chi connectivity index (χ4v) is 4.55. The van der Waals surface area contributed by atoms with Crippen molar-refractivity contribution in [3.05, 3.63) is 48.0 Å². The highest BCUT2D eigenvalue weighted by atomic mass is 127. The van der Waals surface area contributed by atoms with Crippen molar-refractivity contribution in [3.8, 4) is 0 Å². The van der Waals surface area contributed by atoms with Crippen molar-refractivity contribution in [2.75, 3.05) is 64.3 Å². The number of likely N-dealkylation sites (N-methyl/N-ethyl adjacent to an activating group) is 1. The maximum Gasteiger partial charge on any atom is 0.191 e. The Morgan fingerprint density at radius 1 is 1.09 bits per heavy atom. The lowest BCUT2D eigenvalue weighted by molar-refractivity contribution is 0.215. The SMILES string of the molecule is CCN1CCN(c2ccc(CNC(=NC)NCC(c3ccco3)N3CCCC3)cn2)CC1.I. The minimum atomic E-state index is 0. The number of nitrogens with zero attached hydrogens (tertiary/aromatic N) is 5. The summed E-state index contributed by atoms with van der Waals surface area (Å²) >= 11 is 0. The highest BCUT2D eigenvalue weighted by Gasteiger charge is 2.25. The number of aromatic nitrogens is 1. The first-order chi connectivity index (χ1) is 15.8. The second-order valence-corrected chi connectivity index (χ2v) is 8.53. The Morgan fingerprint density at radius 3 is 2.48 bits per heavy atom. The molecule has 33 heavy (non-hydrogen) atoms. The molecule has 2 saturated heterocycles. The number of halogens is 1. The summed E-state index contributed by atoms with van der Waals surface area (Å²) in [4.78, 5) is 16.4. The lowest BCUT2D eigenvalue weighted by atomic mass is 10.2. The minimum absolute atomic E-state index is 0. The Balaban J connectivity index is 0.00000306. The van der Waals surface area contributed by atoms with Crippen LogP contribution in [0.4, 0.5) is 5.82 Å². The molecule has 2 aliphatic heterocycles. The Bertz CT molecular complexity index is 829. The number of pyridine rings is 1. The van der Waals surface area contributed by atoms with Gasteiger partial charge >= 0.3 is 0 Å². The van der Waals surface area contributed by atoms with E-state index in [0.717, 1.165) is 75.5 Å². The van der Waals surface area contributed by atoms with Crippen molar-refractivity contribution in [3.63, 3.8) is 0 Å². The highest BCUT2D eigenvalue weighted by molar-refractivity contribution is 14.0. The maximum atomic E-state index is 5.72. The first-order valence-corrected chi connectivity index (χ1v) is 11.9. The van der Waals surface area contributed by atoms with Crippen LogP contribution in [-0.4, -0.2) is 80.1 Å². The van der Waals surface area contributed by atoms with Crippen LogP contribution >= 0.6 is 24.0 Å². The van der Waals surface area contributed by atoms with Crippen LogP contribution < -0.4 is 15.5 Å². The van der Waals surface area contributed by atoms with Gasteiger partial charge in [-0.05, 0) is 56.2 Å². The average Bonchev–Trinajstić information content (AvgIpc) is 3.57. The van der Waals surface area contributed by atoms with E-state index in [1.54, 1.807) is 6.26 Å². The number of rotatable bonds is 8. The molecule has 0 radical (unpaired) electrons. The molecule has 8 nitrogen and oxygen atoms in total. The molecule has 1 atom stereocenters. The third kappa shape index (κ3) is 7.07. The number of likely N-dealkylation sites (tertiary alicyclic amines) is 1. The molecule has 0 spiro atoms. The van der Waals surface area contributed by atoms with E-state index in [0.29, 0.717) is 6.54 Å². The second-order valence-electron chi connectivity index (χ2n) is 8.53. The fourth-order valence-electron chi connectivity index (χ4n) is 4.55. The number of anilines is 1. The van der Waals surface area contributed by atoms with Gasteiger partial charge < -0.3 is 24.9 Å². The third-order valence-corrected chi connectivity index (χ3v) is 6.55. The molecule has 0 saturated carbocycles. The molecule has 9 heteroatoms. The van der Waals surface area contributed by atoms with Crippen LogP contribution in [0.1, 0.15) is 37.1 Å². The van der Waals surface area contributed by atoms with Crippen molar-refractivity contribution in [2.45, 2.75) is 32.4 Å². The molecule has 1 unspecified atom stereocenters. The molecule has 4 rings (SSSR count). The summed E-state index contributed by atoms with van der Waals surface area (Å²) in [5, 5.41) is 6.90. The third-order valence-electron chi connectivity index (χ3n) is 6.55. The standard InChI is InChI=1S/C24H37N7O.HI/c1-3-29-12-14-31(15-13-29)23-9-8-20(17-26-23)18-27-24(25-2)28-19-21(22-7-6-16-32-22)30-10-4-5-11-30;/h6-9,16-17,21H,3-5,10-15,18-19H2,1-2H3,(H2,25,27,28);1H. The van der Waals surface area contributed by atoms with E-state index >= 15 is 0 Å². The van der Waals surface area contributed by atoms with Crippen molar-refractivity contribution in [2.24, 2.45) is 4.99 Å². The van der Waals surface area contributed by atoms with Gasteiger partial charge in [0.15, 0.2) is 5.96 Å². The lowest BCUT2D eigenvalue weighted by Crippen LogP contribution is -2.46. The summed E-state index contributed by atoms with van der Waals surface area (Å²) in [5.74, 6) is 2.87. The van der Waals surface area contributed by atoms with Gasteiger partial charge in [0.1, 0.15) is 11.6 Å². The van der Waals surface area contributed by atoms with Crippen LogP contribution in [-0.2, 0) is 6.54 Å². The zero-order chi connectivity index (χ0) is 22.2. The minimum Gasteiger partial charge on any atom is -0.468 e. The number of piperazine rings is 1. The smallest absolute Gasteiger partial charge is 0.191 e. The molecule has 4 heterocycles. The molecule has 0 aliphatic carbocycles. The van der Waals surface area contributed by atoms with Crippen LogP contribution in [0.25, 0.3) is 0 Å². The zero-order valence-corrected chi connectivity index (χ0v) is 22.2. The van der Waals surface area contributed by atoms with E-state index in [1.165, 1.54) is 12.8 Å². The van der Waals surface area contributed by atoms with E-state index in [9.17, 15) is 0 Å². The number of hydrogen-bond acceptors (Lipinski definition) is 6. The summed E-state index contributed by atoms with van der Waals surface area (Å²) in [7, 11) is 1.81. The van der Waals surface area contributed by atoms with E-state index in [2.05, 4.69) is 55.4 Å². The molecule has 0 bridgehead atoms. The number of hydrogen-bond donors (Lipinski definition) is 2. The molecular formula is C24H38IN7O. The van der Waals surface area contributed by atoms with E-state index in [1.807, 2.05) is 19.3 Å². The van der Waals surface area contributed by atoms with Crippen LogP contribution in [0.2, 0.25) is 0 Å². The van der Waals surface area contributed by atoms with E-state index in [-0.39, 0.29) is 30.0 Å². The first kappa shape index (κ1) is 25.8. The number of guanidine groups is 1. The monoisotopic (exact) mass is 567 g/mol. The van der Waals surface area contributed by atoms with Crippen LogP contribution in [0.3, 0.4) is 0 Å². The van der Waals surface area contributed by atoms with Gasteiger partial charge in [0, 0.05) is 52.5 Å². The van der Waals surface area contributed by atoms with Gasteiger partial charge in [-0.1, -0.05) is 13.0 Å². The van der Waals surface area contributed by atoms with Crippen LogP contribution in [0, 0.1) is 0 Å². The Morgan fingerprint density at radius 2 is 1.88 bits per heavy atom. The zero-order valence-electron chi connectivity index (χ0n) is 19.9. The van der Waals surface area contributed by atoms with Gasteiger partial charge in [0.2, 0.25) is 0 Å². The molecule has 2 aromatic rings. The van der Waals surface area contributed by atoms with Gasteiger partial charge in [-0.15, -0.1) is 24.0 Å². The lowest BCUT2D eigenvalue weighted by Gasteiger charge is -2.34. The molecular weight excluding hydrogens is 529 g/mol. The van der Waals surface area contributed by atoms with Gasteiger partial charge in [0.05, 0.1) is 12.3 Å². The molecule has 2 fully saturated rings. The molecule has 2 N–H and O–H groups in total. The second kappa shape index (κ2) is 13.1. The molecule has 0 amide bonds. The van der Waals surface area contributed by atoms with Crippen molar-refractivity contribution in [1.29, 1.82) is 0 Å². The molecule has 2 aromatic heterocycles. The van der Waals surface area contributed by atoms with Crippen molar-refractivity contribution in [1.82, 2.24) is 25.4 Å². The average molecular weight is 568 g/mol. The summed E-state index contributed by atoms with van der Waals surface area (Å²) < 4.78 is 5.72. The maximum absolute atomic E-state index is 5.72. The summed E-state index contributed by atoms with van der Waals surface area (Å²) in [6, 6.07) is 8.54. The first-order valence-electron chi connectivity index (χ1n) is 11.9. The van der Waals surface area contributed by atoms with Gasteiger partial charge in [0.25, 0.3) is 0 Å². The molecule has 0 aromatic carbocycles. The van der Waals surface area contributed by atoms with Gasteiger partial charge in [-0.2, -0.15) is 0 Å². The topological polar surface area (TPSA) is 72.2 Å². The molecule has 2 aliphatic rings. The van der Waals surface area contributed by atoms with Crippen LogP contribution in [0.5, 0.6) is 0 Å². The Labute approximate surface area is 214 Å². The summed E-state index contributed by atoms with van der Waals surface area (Å²) in [6.45, 7) is 11.3. The quantitative estimate of drug-likeness (QED) is 0.289. The summed E-state index contributed by atoms with van der Waals surface area (Å²) in [6.07, 6.45) is 6.23. The largest absolute Gasteiger partial charge is 0.468 e.